The SMILES string of the molecule is CC(=O)N[C@H](C(=O)N1CCC[C@H](c2ccn[nH]2)C1)C1CCCC1. The number of hydrogen-bond acceptors (Lipinski definition) is 3. The third kappa shape index (κ3) is 3.74. The summed E-state index contributed by atoms with van der Waals surface area (Å²) >= 11 is 0. The van der Waals surface area contributed by atoms with Crippen LogP contribution < -0.4 is 5.32 Å². The lowest BCUT2D eigenvalue weighted by molar-refractivity contribution is -0.138. The highest BCUT2D eigenvalue weighted by atomic mass is 16.2. The Labute approximate surface area is 137 Å². The number of likely N-dealkylation sites (tertiary alicyclic amines) is 1. The number of amides is 2. The van der Waals surface area contributed by atoms with Crippen LogP contribution in [-0.4, -0.2) is 46.0 Å². The maximum absolute atomic E-state index is 13.0. The summed E-state index contributed by atoms with van der Waals surface area (Å²) in [6.45, 7) is 2.99. The normalized spacial score (nSPS) is 23.7. The molecule has 1 saturated carbocycles. The third-order valence-corrected chi connectivity index (χ3v) is 5.19. The zero-order valence-corrected chi connectivity index (χ0v) is 13.8. The standard InChI is InChI=1S/C17H26N4O2/c1-12(22)19-16(13-5-2-3-6-13)17(23)21-10-4-7-14(11-21)15-8-9-18-20-15/h8-9,13-14,16H,2-7,10-11H2,1H3,(H,18,20)(H,19,22)/t14-,16-/m0/s1. The second-order valence-corrected chi connectivity index (χ2v) is 6.86. The minimum Gasteiger partial charge on any atom is -0.344 e. The molecule has 2 amide bonds. The van der Waals surface area contributed by atoms with E-state index in [1.807, 2.05) is 11.0 Å². The minimum absolute atomic E-state index is 0.0938. The van der Waals surface area contributed by atoms with Gasteiger partial charge in [-0.15, -0.1) is 0 Å². The van der Waals surface area contributed by atoms with Gasteiger partial charge >= 0.3 is 0 Å². The molecule has 1 aliphatic carbocycles. The van der Waals surface area contributed by atoms with Gasteiger partial charge in [-0.2, -0.15) is 5.10 Å². The number of H-pyrrole nitrogens is 1. The van der Waals surface area contributed by atoms with E-state index < -0.39 is 0 Å². The Hall–Kier alpha value is -1.85. The number of carbonyl (C=O) groups excluding carboxylic acids is 2. The molecule has 3 rings (SSSR count). The molecule has 1 aliphatic heterocycles. The maximum Gasteiger partial charge on any atom is 0.245 e. The molecular formula is C17H26N4O2. The van der Waals surface area contributed by atoms with Crippen molar-refractivity contribution in [2.24, 2.45) is 5.92 Å². The average molecular weight is 318 g/mol. The average Bonchev–Trinajstić information content (AvgIpc) is 3.25. The Bertz CT molecular complexity index is 537. The van der Waals surface area contributed by atoms with Gasteiger partial charge in [0.2, 0.25) is 11.8 Å². The highest BCUT2D eigenvalue weighted by Gasteiger charge is 2.36. The van der Waals surface area contributed by atoms with Crippen molar-refractivity contribution in [3.8, 4) is 0 Å². The van der Waals surface area contributed by atoms with E-state index in [2.05, 4.69) is 15.5 Å². The van der Waals surface area contributed by atoms with E-state index in [0.717, 1.165) is 50.8 Å². The van der Waals surface area contributed by atoms with Crippen LogP contribution in [0.15, 0.2) is 12.3 Å². The predicted octanol–water partition coefficient (Wildman–Crippen LogP) is 1.81. The molecule has 2 N–H and O–H groups in total. The van der Waals surface area contributed by atoms with Gasteiger partial charge in [0.25, 0.3) is 0 Å². The second kappa shape index (κ2) is 7.15. The van der Waals surface area contributed by atoms with Gasteiger partial charge in [-0.1, -0.05) is 12.8 Å². The Morgan fingerprint density at radius 3 is 2.74 bits per heavy atom. The molecule has 6 nitrogen and oxygen atoms in total. The number of aromatic amines is 1. The van der Waals surface area contributed by atoms with Gasteiger partial charge in [0.15, 0.2) is 0 Å². The van der Waals surface area contributed by atoms with E-state index in [0.29, 0.717) is 18.4 Å². The van der Waals surface area contributed by atoms with Crippen LogP contribution in [-0.2, 0) is 9.59 Å². The first-order valence-electron chi connectivity index (χ1n) is 8.70. The van der Waals surface area contributed by atoms with Crippen LogP contribution >= 0.6 is 0 Å². The maximum atomic E-state index is 13.0. The monoisotopic (exact) mass is 318 g/mol. The number of nitrogens with zero attached hydrogens (tertiary/aromatic N) is 2. The fraction of sp³-hybridized carbons (Fsp3) is 0.706. The molecule has 2 aliphatic rings. The lowest BCUT2D eigenvalue weighted by Gasteiger charge is -2.36. The molecule has 0 bridgehead atoms. The topological polar surface area (TPSA) is 78.1 Å². The zero-order chi connectivity index (χ0) is 16.2. The summed E-state index contributed by atoms with van der Waals surface area (Å²) < 4.78 is 0. The summed E-state index contributed by atoms with van der Waals surface area (Å²) in [5.41, 5.74) is 1.10. The van der Waals surface area contributed by atoms with Gasteiger partial charge in [0.05, 0.1) is 0 Å². The molecule has 6 heteroatoms. The predicted molar refractivity (Wildman–Crippen MR) is 86.7 cm³/mol. The summed E-state index contributed by atoms with van der Waals surface area (Å²) in [6.07, 6.45) is 8.21. The third-order valence-electron chi connectivity index (χ3n) is 5.19. The molecular weight excluding hydrogens is 292 g/mol. The van der Waals surface area contributed by atoms with E-state index in [9.17, 15) is 9.59 Å². The Kier molecular flexibility index (Phi) is 4.98. The number of aromatic nitrogens is 2. The van der Waals surface area contributed by atoms with E-state index in [1.165, 1.54) is 6.92 Å². The number of carbonyl (C=O) groups is 2. The number of rotatable bonds is 4. The van der Waals surface area contributed by atoms with Crippen LogP contribution in [0.4, 0.5) is 0 Å². The molecule has 1 saturated heterocycles. The molecule has 0 radical (unpaired) electrons. The van der Waals surface area contributed by atoms with Crippen molar-refractivity contribution in [2.45, 2.75) is 57.4 Å². The fourth-order valence-electron chi connectivity index (χ4n) is 4.01. The summed E-state index contributed by atoms with van der Waals surface area (Å²) in [6, 6.07) is 1.64. The fourth-order valence-corrected chi connectivity index (χ4v) is 4.01. The van der Waals surface area contributed by atoms with Gasteiger partial charge in [-0.25, -0.2) is 0 Å². The molecule has 2 heterocycles. The van der Waals surface area contributed by atoms with Crippen molar-refractivity contribution in [3.63, 3.8) is 0 Å². The van der Waals surface area contributed by atoms with Gasteiger partial charge in [0.1, 0.15) is 6.04 Å². The largest absolute Gasteiger partial charge is 0.344 e. The number of nitrogens with one attached hydrogen (secondary N) is 2. The van der Waals surface area contributed by atoms with Crippen LogP contribution in [0.1, 0.15) is 57.1 Å². The second-order valence-electron chi connectivity index (χ2n) is 6.86. The molecule has 0 aromatic carbocycles. The molecule has 23 heavy (non-hydrogen) atoms. The molecule has 1 aromatic heterocycles. The smallest absolute Gasteiger partial charge is 0.245 e. The zero-order valence-electron chi connectivity index (χ0n) is 13.8. The van der Waals surface area contributed by atoms with Crippen molar-refractivity contribution in [3.05, 3.63) is 18.0 Å². The van der Waals surface area contributed by atoms with E-state index in [4.69, 9.17) is 0 Å². The first-order valence-corrected chi connectivity index (χ1v) is 8.70. The Morgan fingerprint density at radius 2 is 2.09 bits per heavy atom. The Balaban J connectivity index is 1.69. The van der Waals surface area contributed by atoms with Crippen molar-refractivity contribution in [1.82, 2.24) is 20.4 Å². The van der Waals surface area contributed by atoms with Crippen molar-refractivity contribution >= 4 is 11.8 Å². The van der Waals surface area contributed by atoms with Gasteiger partial charge in [-0.05, 0) is 37.7 Å². The van der Waals surface area contributed by atoms with Gasteiger partial charge < -0.3 is 10.2 Å². The van der Waals surface area contributed by atoms with Crippen LogP contribution in [0.2, 0.25) is 0 Å². The number of piperidine rings is 1. The lowest BCUT2D eigenvalue weighted by atomic mass is 9.92. The quantitative estimate of drug-likeness (QED) is 0.889. The first-order chi connectivity index (χ1) is 11.1. The van der Waals surface area contributed by atoms with Crippen molar-refractivity contribution < 1.29 is 9.59 Å². The van der Waals surface area contributed by atoms with Gasteiger partial charge in [-0.3, -0.25) is 14.7 Å². The molecule has 0 spiro atoms. The summed E-state index contributed by atoms with van der Waals surface area (Å²) in [4.78, 5) is 26.5. The summed E-state index contributed by atoms with van der Waals surface area (Å²) in [5, 5.41) is 9.96. The molecule has 1 aromatic rings. The highest BCUT2D eigenvalue weighted by molar-refractivity contribution is 5.87. The minimum atomic E-state index is -0.351. The van der Waals surface area contributed by atoms with Crippen LogP contribution in [0.3, 0.4) is 0 Å². The molecule has 0 unspecified atom stereocenters. The van der Waals surface area contributed by atoms with E-state index in [-0.39, 0.29) is 17.9 Å². The summed E-state index contributed by atoms with van der Waals surface area (Å²) in [5.74, 6) is 0.587. The van der Waals surface area contributed by atoms with E-state index >= 15 is 0 Å². The van der Waals surface area contributed by atoms with Crippen molar-refractivity contribution in [1.29, 1.82) is 0 Å². The molecule has 126 valence electrons. The van der Waals surface area contributed by atoms with Crippen LogP contribution in [0.25, 0.3) is 0 Å². The van der Waals surface area contributed by atoms with Crippen LogP contribution in [0, 0.1) is 5.92 Å². The lowest BCUT2D eigenvalue weighted by Crippen LogP contribution is -2.53. The van der Waals surface area contributed by atoms with E-state index in [1.54, 1.807) is 6.20 Å². The Morgan fingerprint density at radius 1 is 1.30 bits per heavy atom. The van der Waals surface area contributed by atoms with Crippen molar-refractivity contribution in [2.75, 3.05) is 13.1 Å². The summed E-state index contributed by atoms with van der Waals surface area (Å²) in [7, 11) is 0. The first kappa shape index (κ1) is 16.0. The molecule has 2 fully saturated rings. The number of hydrogen-bond donors (Lipinski definition) is 2. The molecule has 2 atom stereocenters. The highest BCUT2D eigenvalue weighted by Crippen LogP contribution is 2.31. The van der Waals surface area contributed by atoms with Crippen LogP contribution in [0.5, 0.6) is 0 Å². The van der Waals surface area contributed by atoms with Gasteiger partial charge in [0, 0.05) is 37.8 Å².